The number of allylic oxidation sites excluding steroid dienone is 1. The van der Waals surface area contributed by atoms with Gasteiger partial charge in [-0.1, -0.05) is 54.5 Å². The van der Waals surface area contributed by atoms with E-state index in [-0.39, 0.29) is 15.8 Å². The van der Waals surface area contributed by atoms with E-state index in [2.05, 4.69) is 55.2 Å². The zero-order valence-corrected chi connectivity index (χ0v) is 18.6. The van der Waals surface area contributed by atoms with E-state index in [1.165, 1.54) is 18.4 Å². The number of Topliss-reactive ketones (excluding diaryl/α,β-unsaturated/α-hetero) is 1. The van der Waals surface area contributed by atoms with Gasteiger partial charge in [-0.15, -0.1) is 0 Å². The Bertz CT molecular complexity index is 628. The lowest BCUT2D eigenvalue weighted by Crippen LogP contribution is -2.34. The van der Waals surface area contributed by atoms with Crippen LogP contribution in [0, 0.1) is 5.92 Å². The van der Waals surface area contributed by atoms with Gasteiger partial charge in [-0.2, -0.15) is 0 Å². The minimum Gasteiger partial charge on any atom is -0.496 e. The molecular weight excluding hydrogens is 439 g/mol. The van der Waals surface area contributed by atoms with Crippen molar-refractivity contribution in [1.29, 1.82) is 0 Å². The fourth-order valence-corrected chi connectivity index (χ4v) is 5.14. The van der Waals surface area contributed by atoms with Gasteiger partial charge in [0, 0.05) is 17.9 Å². The van der Waals surface area contributed by atoms with Crippen molar-refractivity contribution in [3.8, 4) is 11.5 Å². The van der Waals surface area contributed by atoms with Gasteiger partial charge in [0.25, 0.3) is 0 Å². The van der Waals surface area contributed by atoms with Crippen LogP contribution >= 0.6 is 22.6 Å². The van der Waals surface area contributed by atoms with Crippen LogP contribution in [0.25, 0.3) is 0 Å². The van der Waals surface area contributed by atoms with Crippen molar-refractivity contribution in [1.82, 2.24) is 0 Å². The van der Waals surface area contributed by atoms with Crippen LogP contribution < -0.4 is 9.47 Å². The van der Waals surface area contributed by atoms with Crippen molar-refractivity contribution in [3.63, 3.8) is 0 Å². The molecule has 26 heavy (non-hydrogen) atoms. The summed E-state index contributed by atoms with van der Waals surface area (Å²) in [5, 5.41) is 0. The molecule has 0 aliphatic heterocycles. The summed E-state index contributed by atoms with van der Waals surface area (Å²) in [6.45, 7) is 8.47. The van der Waals surface area contributed by atoms with Gasteiger partial charge in [0.1, 0.15) is 17.3 Å². The third-order valence-corrected chi connectivity index (χ3v) is 6.87. The minimum atomic E-state index is -0.0863. The summed E-state index contributed by atoms with van der Waals surface area (Å²) in [4.78, 5) is 12.5. The van der Waals surface area contributed by atoms with Gasteiger partial charge < -0.3 is 9.47 Å². The number of alkyl halides is 1. The van der Waals surface area contributed by atoms with Crippen molar-refractivity contribution < 1.29 is 14.3 Å². The molecule has 0 N–H and O–H groups in total. The van der Waals surface area contributed by atoms with Crippen molar-refractivity contribution in [2.45, 2.75) is 62.2 Å². The summed E-state index contributed by atoms with van der Waals surface area (Å²) in [7, 11) is 3.41. The number of ketones is 1. The Morgan fingerprint density at radius 2 is 1.85 bits per heavy atom. The second-order valence-electron chi connectivity index (χ2n) is 7.26. The molecule has 0 heterocycles. The molecule has 1 aromatic rings. The van der Waals surface area contributed by atoms with Crippen LogP contribution in [0.2, 0.25) is 0 Å². The summed E-state index contributed by atoms with van der Waals surface area (Å²) in [5.41, 5.74) is 3.38. The van der Waals surface area contributed by atoms with E-state index in [0.29, 0.717) is 12.2 Å². The Labute approximate surface area is 171 Å². The SMILES string of the molecule is C=C(C)[C@@H]1CCC(=O)[C@@H](I)[C@H]1c1c(OC)cc(CCCCC)cc1OC. The smallest absolute Gasteiger partial charge is 0.146 e. The second kappa shape index (κ2) is 9.77. The van der Waals surface area contributed by atoms with Gasteiger partial charge in [0.15, 0.2) is 0 Å². The monoisotopic (exact) mass is 470 g/mol. The molecule has 1 aliphatic carbocycles. The number of methoxy groups -OCH3 is 2. The number of ether oxygens (including phenoxy) is 2. The van der Waals surface area contributed by atoms with Crippen LogP contribution in [-0.2, 0) is 11.2 Å². The van der Waals surface area contributed by atoms with E-state index < -0.39 is 0 Å². The third kappa shape index (κ3) is 4.62. The molecule has 0 saturated heterocycles. The van der Waals surface area contributed by atoms with Gasteiger partial charge in [0.2, 0.25) is 0 Å². The Morgan fingerprint density at radius 3 is 2.35 bits per heavy atom. The molecular formula is C22H31IO3. The molecule has 0 unspecified atom stereocenters. The first kappa shape index (κ1) is 21.3. The molecule has 144 valence electrons. The molecule has 1 aliphatic rings. The lowest BCUT2D eigenvalue weighted by atomic mass is 9.71. The number of carbonyl (C=O) groups excluding carboxylic acids is 1. The van der Waals surface area contributed by atoms with Crippen LogP contribution in [0.5, 0.6) is 11.5 Å². The highest BCUT2D eigenvalue weighted by molar-refractivity contribution is 14.1. The number of hydrogen-bond acceptors (Lipinski definition) is 3. The van der Waals surface area contributed by atoms with E-state index in [1.807, 2.05) is 0 Å². The van der Waals surface area contributed by atoms with E-state index in [0.717, 1.165) is 41.9 Å². The lowest BCUT2D eigenvalue weighted by Gasteiger charge is -2.37. The minimum absolute atomic E-state index is 0.0453. The number of hydrogen-bond donors (Lipinski definition) is 0. The lowest BCUT2D eigenvalue weighted by molar-refractivity contribution is -0.120. The van der Waals surface area contributed by atoms with Gasteiger partial charge in [-0.05, 0) is 49.8 Å². The van der Waals surface area contributed by atoms with Gasteiger partial charge in [-0.3, -0.25) is 4.79 Å². The maximum atomic E-state index is 12.5. The highest BCUT2D eigenvalue weighted by atomic mass is 127. The molecule has 2 rings (SSSR count). The highest BCUT2D eigenvalue weighted by Gasteiger charge is 2.41. The number of rotatable bonds is 8. The molecule has 0 aromatic heterocycles. The molecule has 3 nitrogen and oxygen atoms in total. The first-order valence-corrected chi connectivity index (χ1v) is 10.8. The topological polar surface area (TPSA) is 35.5 Å². The predicted octanol–water partition coefficient (Wildman–Crippen LogP) is 5.88. The fourth-order valence-electron chi connectivity index (χ4n) is 3.96. The summed E-state index contributed by atoms with van der Waals surface area (Å²) in [5.74, 6) is 2.29. The van der Waals surface area contributed by atoms with Crippen molar-refractivity contribution >= 4 is 28.4 Å². The van der Waals surface area contributed by atoms with Crippen LogP contribution in [0.15, 0.2) is 24.3 Å². The highest BCUT2D eigenvalue weighted by Crippen LogP contribution is 2.49. The Balaban J connectivity index is 2.50. The van der Waals surface area contributed by atoms with E-state index in [1.54, 1.807) is 14.2 Å². The zero-order valence-electron chi connectivity index (χ0n) is 16.4. The zero-order chi connectivity index (χ0) is 19.3. The molecule has 4 heteroatoms. The number of unbranched alkanes of at least 4 members (excludes halogenated alkanes) is 2. The van der Waals surface area contributed by atoms with Crippen molar-refractivity contribution in [3.05, 3.63) is 35.4 Å². The molecule has 0 radical (unpaired) electrons. The molecule has 1 fully saturated rings. The molecule has 3 atom stereocenters. The number of carbonyl (C=O) groups is 1. The van der Waals surface area contributed by atoms with E-state index in [9.17, 15) is 4.79 Å². The van der Waals surface area contributed by atoms with Gasteiger partial charge in [-0.25, -0.2) is 0 Å². The normalized spacial score (nSPS) is 23.0. The molecule has 1 saturated carbocycles. The maximum absolute atomic E-state index is 12.5. The molecule has 0 bridgehead atoms. The summed E-state index contributed by atoms with van der Waals surface area (Å²) >= 11 is 2.30. The first-order chi connectivity index (χ1) is 12.4. The van der Waals surface area contributed by atoms with Gasteiger partial charge in [0.05, 0.1) is 18.1 Å². The largest absolute Gasteiger partial charge is 0.496 e. The van der Waals surface area contributed by atoms with Gasteiger partial charge >= 0.3 is 0 Å². The second-order valence-corrected chi connectivity index (χ2v) is 8.60. The molecule has 0 spiro atoms. The Kier molecular flexibility index (Phi) is 7.99. The number of aryl methyl sites for hydroxylation is 1. The Morgan fingerprint density at radius 1 is 1.23 bits per heavy atom. The summed E-state index contributed by atoms with van der Waals surface area (Å²) in [6, 6.07) is 4.26. The quantitative estimate of drug-likeness (QED) is 0.206. The van der Waals surface area contributed by atoms with Crippen LogP contribution in [0.1, 0.15) is 63.0 Å². The third-order valence-electron chi connectivity index (χ3n) is 5.40. The number of halogens is 1. The predicted molar refractivity (Wildman–Crippen MR) is 116 cm³/mol. The van der Waals surface area contributed by atoms with Crippen molar-refractivity contribution in [2.75, 3.05) is 14.2 Å². The number of benzene rings is 1. The average Bonchev–Trinajstić information content (AvgIpc) is 2.63. The fraction of sp³-hybridized carbons (Fsp3) is 0.591. The Hall–Kier alpha value is -1.04. The van der Waals surface area contributed by atoms with Crippen LogP contribution in [-0.4, -0.2) is 23.9 Å². The first-order valence-electron chi connectivity index (χ1n) is 9.51. The summed E-state index contributed by atoms with van der Waals surface area (Å²) in [6.07, 6.45) is 6.07. The molecule has 1 aromatic carbocycles. The maximum Gasteiger partial charge on any atom is 0.146 e. The van der Waals surface area contributed by atoms with E-state index in [4.69, 9.17) is 9.47 Å². The van der Waals surface area contributed by atoms with Crippen LogP contribution in [0.4, 0.5) is 0 Å². The van der Waals surface area contributed by atoms with Crippen LogP contribution in [0.3, 0.4) is 0 Å². The standard InChI is InChI=1S/C22H31IO3/c1-6-7-8-9-15-12-18(25-4)21(19(13-15)26-5)20-16(14(2)3)10-11-17(24)22(20)23/h12-13,16,20,22H,2,6-11H2,1,3-5H3/t16-,20+,22+/m0/s1. The molecule has 0 amide bonds. The van der Waals surface area contributed by atoms with Crippen molar-refractivity contribution in [2.24, 2.45) is 5.92 Å². The average molecular weight is 470 g/mol. The van der Waals surface area contributed by atoms with E-state index >= 15 is 0 Å². The summed E-state index contributed by atoms with van der Waals surface area (Å²) < 4.78 is 11.5.